The Kier molecular flexibility index (Phi) is 2.39. The third kappa shape index (κ3) is 2.26. The molecule has 1 atom stereocenters. The van der Waals surface area contributed by atoms with Crippen LogP contribution in [0.2, 0.25) is 0 Å². The van der Waals surface area contributed by atoms with Crippen molar-refractivity contribution in [1.82, 2.24) is 0 Å². The summed E-state index contributed by atoms with van der Waals surface area (Å²) in [5, 5.41) is 7.03. The lowest BCUT2D eigenvalue weighted by atomic mass is 10.1. The van der Waals surface area contributed by atoms with E-state index < -0.39 is 0 Å². The van der Waals surface area contributed by atoms with Crippen LogP contribution in [-0.4, -0.2) is 17.3 Å². The van der Waals surface area contributed by atoms with Crippen LogP contribution in [0.15, 0.2) is 0 Å². The lowest BCUT2D eigenvalue weighted by Crippen LogP contribution is -2.14. The molecule has 0 amide bonds. The van der Waals surface area contributed by atoms with E-state index >= 15 is 0 Å². The maximum Gasteiger partial charge on any atom is 0.0908 e. The lowest BCUT2D eigenvalue weighted by molar-refractivity contribution is 0.622. The summed E-state index contributed by atoms with van der Waals surface area (Å²) in [6.07, 6.45) is 2.07. The summed E-state index contributed by atoms with van der Waals surface area (Å²) >= 11 is 1.97. The van der Waals surface area contributed by atoms with Gasteiger partial charge in [-0.1, -0.05) is 0 Å². The number of amidine groups is 1. The molecule has 0 aromatic heterocycles. The number of hydrogen-bond donors (Lipinski definition) is 2. The Labute approximate surface area is 59.7 Å². The van der Waals surface area contributed by atoms with Crippen molar-refractivity contribution < 1.29 is 0 Å². The molecule has 1 aliphatic heterocycles. The lowest BCUT2D eigenvalue weighted by Gasteiger charge is -2.03. The van der Waals surface area contributed by atoms with Gasteiger partial charge in [0.1, 0.15) is 0 Å². The van der Waals surface area contributed by atoms with Crippen molar-refractivity contribution in [2.75, 3.05) is 11.5 Å². The molecule has 9 heavy (non-hydrogen) atoms. The van der Waals surface area contributed by atoms with Crippen LogP contribution >= 0.6 is 11.8 Å². The zero-order valence-electron chi connectivity index (χ0n) is 5.39. The average molecular weight is 144 g/mol. The van der Waals surface area contributed by atoms with Crippen LogP contribution < -0.4 is 5.73 Å². The maximum absolute atomic E-state index is 7.03. The van der Waals surface area contributed by atoms with E-state index in [0.717, 1.165) is 6.42 Å². The SMILES string of the molecule is N=C(N)C[C@@H]1CCSC1. The standard InChI is InChI=1S/C6H12N2S/c7-6(8)3-5-1-2-9-4-5/h5H,1-4H2,(H3,7,8)/t5-/m0/s1. The zero-order chi connectivity index (χ0) is 6.69. The monoisotopic (exact) mass is 144 g/mol. The molecule has 3 N–H and O–H groups in total. The molecule has 0 aliphatic carbocycles. The molecule has 0 aromatic carbocycles. The van der Waals surface area contributed by atoms with Crippen LogP contribution in [0.1, 0.15) is 12.8 Å². The number of rotatable bonds is 2. The van der Waals surface area contributed by atoms with Gasteiger partial charge < -0.3 is 5.73 Å². The van der Waals surface area contributed by atoms with E-state index in [4.69, 9.17) is 11.1 Å². The maximum atomic E-state index is 7.03. The van der Waals surface area contributed by atoms with Crippen molar-refractivity contribution in [3.63, 3.8) is 0 Å². The third-order valence-electron chi connectivity index (χ3n) is 1.53. The second kappa shape index (κ2) is 3.11. The van der Waals surface area contributed by atoms with Gasteiger partial charge in [0.2, 0.25) is 0 Å². The van der Waals surface area contributed by atoms with Gasteiger partial charge in [0.15, 0.2) is 0 Å². The van der Waals surface area contributed by atoms with E-state index in [9.17, 15) is 0 Å². The normalized spacial score (nSPS) is 26.4. The van der Waals surface area contributed by atoms with Gasteiger partial charge in [0.05, 0.1) is 5.84 Å². The number of thioether (sulfide) groups is 1. The molecule has 0 unspecified atom stereocenters. The first kappa shape index (κ1) is 6.93. The molecule has 1 heterocycles. The number of nitrogens with one attached hydrogen (secondary N) is 1. The van der Waals surface area contributed by atoms with E-state index in [-0.39, 0.29) is 0 Å². The minimum Gasteiger partial charge on any atom is -0.388 e. The first-order chi connectivity index (χ1) is 4.29. The van der Waals surface area contributed by atoms with Crippen molar-refractivity contribution in [2.24, 2.45) is 11.7 Å². The fourth-order valence-electron chi connectivity index (χ4n) is 1.06. The van der Waals surface area contributed by atoms with Crippen LogP contribution in [0.4, 0.5) is 0 Å². The minimum atomic E-state index is 0.350. The van der Waals surface area contributed by atoms with Crippen LogP contribution in [0.3, 0.4) is 0 Å². The zero-order valence-corrected chi connectivity index (χ0v) is 6.21. The molecule has 1 fully saturated rings. The second-order valence-electron chi connectivity index (χ2n) is 2.46. The molecule has 0 aromatic rings. The van der Waals surface area contributed by atoms with E-state index in [0.29, 0.717) is 11.8 Å². The molecule has 3 heteroatoms. The smallest absolute Gasteiger partial charge is 0.0908 e. The summed E-state index contributed by atoms with van der Waals surface area (Å²) in [7, 11) is 0. The highest BCUT2D eigenvalue weighted by molar-refractivity contribution is 7.99. The third-order valence-corrected chi connectivity index (χ3v) is 2.76. The predicted octanol–water partition coefficient (Wildman–Crippen LogP) is 1.07. The highest BCUT2D eigenvalue weighted by Crippen LogP contribution is 2.25. The summed E-state index contributed by atoms with van der Waals surface area (Å²) in [6, 6.07) is 0. The molecular weight excluding hydrogens is 132 g/mol. The van der Waals surface area contributed by atoms with Gasteiger partial charge in [0.25, 0.3) is 0 Å². The van der Waals surface area contributed by atoms with Crippen molar-refractivity contribution in [2.45, 2.75) is 12.8 Å². The second-order valence-corrected chi connectivity index (χ2v) is 3.61. The minimum absolute atomic E-state index is 0.350. The molecule has 0 saturated carbocycles. The summed E-state index contributed by atoms with van der Waals surface area (Å²) in [4.78, 5) is 0. The van der Waals surface area contributed by atoms with Gasteiger partial charge in [-0.2, -0.15) is 11.8 Å². The molecule has 1 aliphatic rings. The van der Waals surface area contributed by atoms with E-state index in [1.54, 1.807) is 0 Å². The Balaban J connectivity index is 2.19. The molecule has 2 nitrogen and oxygen atoms in total. The fourth-order valence-corrected chi connectivity index (χ4v) is 2.34. The molecule has 1 rings (SSSR count). The van der Waals surface area contributed by atoms with Gasteiger partial charge in [-0.3, -0.25) is 5.41 Å². The van der Waals surface area contributed by atoms with Crippen LogP contribution in [0, 0.1) is 11.3 Å². The molecule has 52 valence electrons. The van der Waals surface area contributed by atoms with Gasteiger partial charge >= 0.3 is 0 Å². The summed E-state index contributed by atoms with van der Waals surface area (Å²) in [5.74, 6) is 3.52. The molecule has 1 saturated heterocycles. The largest absolute Gasteiger partial charge is 0.388 e. The van der Waals surface area contributed by atoms with E-state index in [2.05, 4.69) is 0 Å². The number of nitrogens with two attached hydrogens (primary N) is 1. The predicted molar refractivity (Wildman–Crippen MR) is 42.0 cm³/mol. The summed E-state index contributed by atoms with van der Waals surface area (Å²) in [6.45, 7) is 0. The molecule has 0 radical (unpaired) electrons. The van der Waals surface area contributed by atoms with Gasteiger partial charge in [-0.05, 0) is 23.8 Å². The fraction of sp³-hybridized carbons (Fsp3) is 0.833. The van der Waals surface area contributed by atoms with Crippen molar-refractivity contribution in [3.8, 4) is 0 Å². The van der Waals surface area contributed by atoms with Crippen LogP contribution in [0.25, 0.3) is 0 Å². The number of hydrogen-bond acceptors (Lipinski definition) is 2. The molecular formula is C6H12N2S. The Morgan fingerprint density at radius 2 is 2.56 bits per heavy atom. The first-order valence-electron chi connectivity index (χ1n) is 3.19. The average Bonchev–Trinajstić information content (AvgIpc) is 2.15. The van der Waals surface area contributed by atoms with Gasteiger partial charge in [-0.25, -0.2) is 0 Å². The van der Waals surface area contributed by atoms with E-state index in [1.165, 1.54) is 17.9 Å². The van der Waals surface area contributed by atoms with Crippen LogP contribution in [0.5, 0.6) is 0 Å². The molecule has 0 spiro atoms. The van der Waals surface area contributed by atoms with Gasteiger partial charge in [0, 0.05) is 6.42 Å². The van der Waals surface area contributed by atoms with Crippen molar-refractivity contribution in [3.05, 3.63) is 0 Å². The summed E-state index contributed by atoms with van der Waals surface area (Å²) in [5.41, 5.74) is 5.25. The Morgan fingerprint density at radius 3 is 3.00 bits per heavy atom. The molecule has 0 bridgehead atoms. The first-order valence-corrected chi connectivity index (χ1v) is 4.35. The Bertz CT molecular complexity index is 108. The highest BCUT2D eigenvalue weighted by Gasteiger charge is 2.15. The summed E-state index contributed by atoms with van der Waals surface area (Å²) < 4.78 is 0. The quantitative estimate of drug-likeness (QED) is 0.450. The van der Waals surface area contributed by atoms with Crippen LogP contribution in [-0.2, 0) is 0 Å². The topological polar surface area (TPSA) is 49.9 Å². The van der Waals surface area contributed by atoms with Gasteiger partial charge in [-0.15, -0.1) is 0 Å². The van der Waals surface area contributed by atoms with Crippen molar-refractivity contribution in [1.29, 1.82) is 5.41 Å². The Hall–Kier alpha value is -0.180. The Morgan fingerprint density at radius 1 is 1.78 bits per heavy atom. The van der Waals surface area contributed by atoms with E-state index in [1.807, 2.05) is 11.8 Å². The van der Waals surface area contributed by atoms with Crippen molar-refractivity contribution >= 4 is 17.6 Å². The highest BCUT2D eigenvalue weighted by atomic mass is 32.2.